The summed E-state index contributed by atoms with van der Waals surface area (Å²) in [5, 5.41) is 3.42. The van der Waals surface area contributed by atoms with Crippen molar-refractivity contribution in [3.63, 3.8) is 0 Å². The van der Waals surface area contributed by atoms with Gasteiger partial charge in [-0.3, -0.25) is 0 Å². The van der Waals surface area contributed by atoms with Crippen LogP contribution >= 0.6 is 0 Å². The fraction of sp³-hybridized carbons (Fsp3) is 0.786. The highest BCUT2D eigenvalue weighted by Gasteiger charge is 2.30. The lowest BCUT2D eigenvalue weighted by atomic mass is 10.1. The van der Waals surface area contributed by atoms with Gasteiger partial charge in [-0.05, 0) is 19.3 Å². The van der Waals surface area contributed by atoms with Crippen LogP contribution in [0.1, 0.15) is 49.4 Å². The van der Waals surface area contributed by atoms with Crippen molar-refractivity contribution in [3.05, 3.63) is 17.2 Å². The van der Waals surface area contributed by atoms with Crippen LogP contribution in [-0.4, -0.2) is 29.3 Å². The molecule has 0 spiro atoms. The van der Waals surface area contributed by atoms with Gasteiger partial charge in [0.1, 0.15) is 5.82 Å². The SMILES string of the molecule is CCc1nc2c(n1C1CCC(OC)C1)CCNC2. The molecule has 2 atom stereocenters. The molecule has 100 valence electrons. The molecule has 4 nitrogen and oxygen atoms in total. The number of rotatable bonds is 3. The Bertz CT molecular complexity index is 427. The van der Waals surface area contributed by atoms with Gasteiger partial charge in [0.2, 0.25) is 0 Å². The van der Waals surface area contributed by atoms with Crippen molar-refractivity contribution in [3.8, 4) is 0 Å². The molecule has 1 aromatic heterocycles. The molecule has 0 saturated heterocycles. The molecule has 3 rings (SSSR count). The van der Waals surface area contributed by atoms with Crippen molar-refractivity contribution < 1.29 is 4.74 Å². The molecule has 4 heteroatoms. The zero-order chi connectivity index (χ0) is 12.5. The van der Waals surface area contributed by atoms with Crippen LogP contribution in [0.25, 0.3) is 0 Å². The molecule has 0 bridgehead atoms. The summed E-state index contributed by atoms with van der Waals surface area (Å²) in [6, 6.07) is 0.610. The Morgan fingerprint density at radius 1 is 1.44 bits per heavy atom. The largest absolute Gasteiger partial charge is 0.381 e. The molecule has 2 heterocycles. The number of ether oxygens (including phenoxy) is 1. The van der Waals surface area contributed by atoms with Gasteiger partial charge in [0.25, 0.3) is 0 Å². The average Bonchev–Trinajstić information content (AvgIpc) is 3.01. The van der Waals surface area contributed by atoms with Crippen molar-refractivity contribution in [2.75, 3.05) is 13.7 Å². The number of nitrogens with one attached hydrogen (secondary N) is 1. The number of hydrogen-bond donors (Lipinski definition) is 1. The predicted octanol–water partition coefficient (Wildman–Crippen LogP) is 1.83. The molecule has 1 aromatic rings. The summed E-state index contributed by atoms with van der Waals surface area (Å²) < 4.78 is 8.05. The zero-order valence-electron chi connectivity index (χ0n) is 11.4. The van der Waals surface area contributed by atoms with Gasteiger partial charge >= 0.3 is 0 Å². The molecule has 0 amide bonds. The van der Waals surface area contributed by atoms with Gasteiger partial charge in [-0.2, -0.15) is 0 Å². The third kappa shape index (κ3) is 1.97. The second-order valence-electron chi connectivity index (χ2n) is 5.40. The quantitative estimate of drug-likeness (QED) is 0.888. The number of aryl methyl sites for hydroxylation is 1. The van der Waals surface area contributed by atoms with E-state index in [0.717, 1.165) is 32.4 Å². The Morgan fingerprint density at radius 3 is 3.06 bits per heavy atom. The summed E-state index contributed by atoms with van der Waals surface area (Å²) >= 11 is 0. The van der Waals surface area contributed by atoms with Crippen LogP contribution in [0.5, 0.6) is 0 Å². The van der Waals surface area contributed by atoms with E-state index in [2.05, 4.69) is 16.8 Å². The highest BCUT2D eigenvalue weighted by Crippen LogP contribution is 2.35. The molecule has 1 fully saturated rings. The first kappa shape index (κ1) is 12.2. The van der Waals surface area contributed by atoms with Gasteiger partial charge in [-0.15, -0.1) is 0 Å². The molecule has 0 radical (unpaired) electrons. The van der Waals surface area contributed by atoms with E-state index in [-0.39, 0.29) is 0 Å². The van der Waals surface area contributed by atoms with Crippen LogP contribution in [0.4, 0.5) is 0 Å². The van der Waals surface area contributed by atoms with E-state index >= 15 is 0 Å². The topological polar surface area (TPSA) is 39.1 Å². The summed E-state index contributed by atoms with van der Waals surface area (Å²) in [4.78, 5) is 4.82. The first-order valence-electron chi connectivity index (χ1n) is 7.15. The smallest absolute Gasteiger partial charge is 0.109 e. The van der Waals surface area contributed by atoms with Gasteiger partial charge < -0.3 is 14.6 Å². The van der Waals surface area contributed by atoms with E-state index in [9.17, 15) is 0 Å². The first-order chi connectivity index (χ1) is 8.83. The molecular weight excluding hydrogens is 226 g/mol. The standard InChI is InChI=1S/C14H23N3O/c1-3-14-16-12-9-15-7-6-13(12)17(14)10-4-5-11(8-10)18-2/h10-11,15H,3-9H2,1-2H3. The number of aromatic nitrogens is 2. The molecule has 1 aliphatic heterocycles. The minimum absolute atomic E-state index is 0.444. The van der Waals surface area contributed by atoms with Crippen LogP contribution in [0.3, 0.4) is 0 Å². The maximum absolute atomic E-state index is 5.51. The number of hydrogen-bond acceptors (Lipinski definition) is 3. The lowest BCUT2D eigenvalue weighted by Crippen LogP contribution is -2.26. The number of methoxy groups -OCH3 is 1. The van der Waals surface area contributed by atoms with E-state index in [1.54, 1.807) is 0 Å². The molecular formula is C14H23N3O. The van der Waals surface area contributed by atoms with Crippen molar-refractivity contribution in [2.24, 2.45) is 0 Å². The minimum atomic E-state index is 0.444. The second-order valence-corrected chi connectivity index (χ2v) is 5.40. The van der Waals surface area contributed by atoms with Crippen molar-refractivity contribution in [1.82, 2.24) is 14.9 Å². The van der Waals surface area contributed by atoms with Crippen molar-refractivity contribution >= 4 is 0 Å². The monoisotopic (exact) mass is 249 g/mol. The number of nitrogens with zero attached hydrogens (tertiary/aromatic N) is 2. The lowest BCUT2D eigenvalue weighted by Gasteiger charge is -2.21. The molecule has 1 aliphatic carbocycles. The maximum atomic E-state index is 5.51. The summed E-state index contributed by atoms with van der Waals surface area (Å²) in [5.41, 5.74) is 2.76. The normalized spacial score (nSPS) is 27.4. The van der Waals surface area contributed by atoms with Gasteiger partial charge in [0.15, 0.2) is 0 Å². The highest BCUT2D eigenvalue weighted by molar-refractivity contribution is 5.22. The summed E-state index contributed by atoms with van der Waals surface area (Å²) in [6.07, 6.45) is 6.17. The van der Waals surface area contributed by atoms with Gasteiger partial charge in [-0.1, -0.05) is 6.92 Å². The zero-order valence-corrected chi connectivity index (χ0v) is 11.4. The van der Waals surface area contributed by atoms with Gasteiger partial charge in [-0.25, -0.2) is 4.98 Å². The Kier molecular flexibility index (Phi) is 3.39. The van der Waals surface area contributed by atoms with Gasteiger partial charge in [0.05, 0.1) is 11.8 Å². The van der Waals surface area contributed by atoms with Crippen LogP contribution in [0.15, 0.2) is 0 Å². The van der Waals surface area contributed by atoms with E-state index in [1.165, 1.54) is 30.1 Å². The molecule has 1 N–H and O–H groups in total. The van der Waals surface area contributed by atoms with Crippen molar-refractivity contribution in [2.45, 2.75) is 57.7 Å². The number of imidazole rings is 1. The predicted molar refractivity (Wildman–Crippen MR) is 70.7 cm³/mol. The second kappa shape index (κ2) is 5.02. The maximum Gasteiger partial charge on any atom is 0.109 e. The Labute approximate surface area is 109 Å². The van der Waals surface area contributed by atoms with Crippen molar-refractivity contribution in [1.29, 1.82) is 0 Å². The van der Waals surface area contributed by atoms with Gasteiger partial charge in [0, 0.05) is 44.8 Å². The summed E-state index contributed by atoms with van der Waals surface area (Å²) in [5.74, 6) is 1.27. The third-order valence-electron chi connectivity index (χ3n) is 4.37. The fourth-order valence-corrected chi connectivity index (χ4v) is 3.44. The molecule has 2 unspecified atom stereocenters. The third-order valence-corrected chi connectivity index (χ3v) is 4.37. The molecule has 18 heavy (non-hydrogen) atoms. The Balaban J connectivity index is 1.92. The Hall–Kier alpha value is -0.870. The summed E-state index contributed by atoms with van der Waals surface area (Å²) in [6.45, 7) is 4.23. The fourth-order valence-electron chi connectivity index (χ4n) is 3.44. The highest BCUT2D eigenvalue weighted by atomic mass is 16.5. The minimum Gasteiger partial charge on any atom is -0.381 e. The molecule has 0 aromatic carbocycles. The van der Waals surface area contributed by atoms with Crippen LogP contribution in [0, 0.1) is 0 Å². The number of fused-ring (bicyclic) bond motifs is 1. The molecule has 2 aliphatic rings. The summed E-state index contributed by atoms with van der Waals surface area (Å²) in [7, 11) is 1.83. The lowest BCUT2D eigenvalue weighted by molar-refractivity contribution is 0.105. The Morgan fingerprint density at radius 2 is 2.33 bits per heavy atom. The first-order valence-corrected chi connectivity index (χ1v) is 7.15. The van der Waals surface area contributed by atoms with Crippen LogP contribution < -0.4 is 5.32 Å². The van der Waals surface area contributed by atoms with E-state index in [1.807, 2.05) is 7.11 Å². The average molecular weight is 249 g/mol. The van der Waals surface area contributed by atoms with E-state index < -0.39 is 0 Å². The molecule has 1 saturated carbocycles. The van der Waals surface area contributed by atoms with Crippen LogP contribution in [0.2, 0.25) is 0 Å². The van der Waals surface area contributed by atoms with E-state index in [4.69, 9.17) is 9.72 Å². The van der Waals surface area contributed by atoms with Crippen LogP contribution in [-0.2, 0) is 24.1 Å². The van der Waals surface area contributed by atoms with E-state index in [0.29, 0.717) is 12.1 Å².